The minimum absolute atomic E-state index is 0.0128. The first-order chi connectivity index (χ1) is 16.9. The molecule has 4 aromatic rings. The van der Waals surface area contributed by atoms with Crippen LogP contribution < -0.4 is 29.3 Å². The van der Waals surface area contributed by atoms with Gasteiger partial charge in [0.05, 0.1) is 39.3 Å². The average Bonchev–Trinajstić information content (AvgIpc) is 2.92. The van der Waals surface area contributed by atoms with Crippen LogP contribution in [-0.4, -0.2) is 46.0 Å². The van der Waals surface area contributed by atoms with Crippen molar-refractivity contribution in [3.8, 4) is 28.7 Å². The van der Waals surface area contributed by atoms with Crippen LogP contribution in [0, 0.1) is 0 Å². The van der Waals surface area contributed by atoms with E-state index in [9.17, 15) is 9.59 Å². The Morgan fingerprint density at radius 3 is 1.86 bits per heavy atom. The van der Waals surface area contributed by atoms with Crippen molar-refractivity contribution in [2.75, 3.05) is 40.4 Å². The lowest BCUT2D eigenvalue weighted by Gasteiger charge is -2.20. The molecule has 180 valence electrons. The Labute approximate surface area is 202 Å². The molecule has 0 saturated heterocycles. The zero-order valence-electron chi connectivity index (χ0n) is 20.2. The Hall–Kier alpha value is -4.46. The molecule has 1 amide bonds. The predicted molar refractivity (Wildman–Crippen MR) is 135 cm³/mol. The molecule has 1 aromatic heterocycles. The zero-order valence-corrected chi connectivity index (χ0v) is 20.2. The summed E-state index contributed by atoms with van der Waals surface area (Å²) in [5, 5.41) is 0.326. The number of carbonyl (C=O) groups is 1. The summed E-state index contributed by atoms with van der Waals surface area (Å²) in [7, 11) is 7.82. The number of hydrogen-bond acceptors (Lipinski definition) is 6. The normalized spacial score (nSPS) is 10.7. The first-order valence-corrected chi connectivity index (χ1v) is 10.8. The molecule has 1 heterocycles. The van der Waals surface area contributed by atoms with Crippen molar-refractivity contribution in [2.24, 2.45) is 0 Å². The molecule has 4 rings (SSSR count). The van der Waals surface area contributed by atoms with E-state index < -0.39 is 11.3 Å². The maximum absolute atomic E-state index is 13.6. The van der Waals surface area contributed by atoms with E-state index in [2.05, 4.69) is 0 Å². The first-order valence-electron chi connectivity index (χ1n) is 10.8. The van der Waals surface area contributed by atoms with Crippen molar-refractivity contribution in [3.63, 3.8) is 0 Å². The number of rotatable bonds is 7. The highest BCUT2D eigenvalue weighted by Gasteiger charge is 2.22. The van der Waals surface area contributed by atoms with Crippen LogP contribution in [0.25, 0.3) is 16.6 Å². The molecule has 35 heavy (non-hydrogen) atoms. The monoisotopic (exact) mass is 474 g/mol. The number of amides is 1. The highest BCUT2D eigenvalue weighted by molar-refractivity contribution is 6.07. The Kier molecular flexibility index (Phi) is 6.64. The van der Waals surface area contributed by atoms with Gasteiger partial charge < -0.3 is 28.4 Å². The fourth-order valence-electron chi connectivity index (χ4n) is 3.86. The van der Waals surface area contributed by atoms with Gasteiger partial charge in [0.2, 0.25) is 5.43 Å². The quantitative estimate of drug-likeness (QED) is 0.397. The second-order valence-electron chi connectivity index (χ2n) is 7.73. The predicted octanol–water partition coefficient (Wildman–Crippen LogP) is 4.30. The summed E-state index contributed by atoms with van der Waals surface area (Å²) in [6.07, 6.45) is 1.56. The molecule has 0 bridgehead atoms. The van der Waals surface area contributed by atoms with Gasteiger partial charge in [-0.25, -0.2) is 0 Å². The van der Waals surface area contributed by atoms with Gasteiger partial charge in [-0.3, -0.25) is 9.59 Å². The van der Waals surface area contributed by atoms with Crippen molar-refractivity contribution in [1.29, 1.82) is 0 Å². The molecule has 0 fully saturated rings. The molecule has 8 nitrogen and oxygen atoms in total. The number of aromatic nitrogens is 1. The lowest BCUT2D eigenvalue weighted by atomic mass is 10.1. The Balaban J connectivity index is 1.93. The third-order valence-electron chi connectivity index (χ3n) is 5.85. The summed E-state index contributed by atoms with van der Waals surface area (Å²) in [4.78, 5) is 28.5. The van der Waals surface area contributed by atoms with Crippen LogP contribution in [0.2, 0.25) is 0 Å². The van der Waals surface area contributed by atoms with Crippen LogP contribution >= 0.6 is 0 Å². The van der Waals surface area contributed by atoms with Gasteiger partial charge in [-0.1, -0.05) is 0 Å². The summed E-state index contributed by atoms with van der Waals surface area (Å²) in [5.41, 5.74) is 1.54. The van der Waals surface area contributed by atoms with Gasteiger partial charge in [-0.15, -0.1) is 0 Å². The van der Waals surface area contributed by atoms with E-state index in [1.54, 1.807) is 68.4 Å². The molecule has 0 aliphatic carbocycles. The molecule has 0 N–H and O–H groups in total. The fraction of sp³-hybridized carbons (Fsp3) is 0.185. The van der Waals surface area contributed by atoms with Crippen molar-refractivity contribution in [3.05, 3.63) is 82.6 Å². The van der Waals surface area contributed by atoms with Crippen LogP contribution in [0.4, 0.5) is 5.69 Å². The number of carbonyl (C=O) groups excluding carboxylic acids is 1. The van der Waals surface area contributed by atoms with Gasteiger partial charge in [0, 0.05) is 30.7 Å². The van der Waals surface area contributed by atoms with E-state index in [1.807, 2.05) is 24.3 Å². The minimum atomic E-state index is -0.445. The number of nitrogens with zero attached hydrogens (tertiary/aromatic N) is 2. The van der Waals surface area contributed by atoms with Crippen LogP contribution in [0.15, 0.2) is 71.7 Å². The van der Waals surface area contributed by atoms with Crippen molar-refractivity contribution in [1.82, 2.24) is 4.57 Å². The molecule has 8 heteroatoms. The number of anilines is 1. The molecule has 3 aromatic carbocycles. The molecule has 0 aliphatic rings. The van der Waals surface area contributed by atoms with Crippen molar-refractivity contribution >= 4 is 22.5 Å². The topological polar surface area (TPSA) is 79.2 Å². The van der Waals surface area contributed by atoms with Crippen LogP contribution in [-0.2, 0) is 0 Å². The third kappa shape index (κ3) is 4.38. The molecule has 0 aliphatic heterocycles. The summed E-state index contributed by atoms with van der Waals surface area (Å²) in [5.74, 6) is 1.78. The number of benzene rings is 3. The average molecular weight is 475 g/mol. The SMILES string of the molecule is COc1ccc(N(C)C(=O)c2cn(-c3ccc(OC)cc3)c3cc(OC)c(OC)cc3c2=O)cc1. The number of methoxy groups -OCH3 is 4. The second-order valence-corrected chi connectivity index (χ2v) is 7.73. The van der Waals surface area contributed by atoms with Crippen LogP contribution in [0.5, 0.6) is 23.0 Å². The van der Waals surface area contributed by atoms with E-state index in [0.717, 1.165) is 5.69 Å². The van der Waals surface area contributed by atoms with Gasteiger partial charge in [0.1, 0.15) is 17.1 Å². The highest BCUT2D eigenvalue weighted by Crippen LogP contribution is 2.32. The van der Waals surface area contributed by atoms with Crippen LogP contribution in [0.1, 0.15) is 10.4 Å². The standard InChI is InChI=1S/C27H26N2O6/c1-28(17-6-10-19(32-2)11-7-17)27(31)22-16-29(18-8-12-20(33-3)13-9-18)23-15-25(35-5)24(34-4)14-21(23)26(22)30/h6-16H,1-5H3. The maximum atomic E-state index is 13.6. The summed E-state index contributed by atoms with van der Waals surface area (Å²) in [6, 6.07) is 17.7. The molecule has 0 saturated carbocycles. The number of fused-ring (bicyclic) bond motifs is 1. The number of pyridine rings is 1. The van der Waals surface area contributed by atoms with Gasteiger partial charge in [0.25, 0.3) is 5.91 Å². The highest BCUT2D eigenvalue weighted by atomic mass is 16.5. The zero-order chi connectivity index (χ0) is 25.1. The molecule has 0 spiro atoms. The minimum Gasteiger partial charge on any atom is -0.497 e. The lowest BCUT2D eigenvalue weighted by Crippen LogP contribution is -2.31. The Morgan fingerprint density at radius 2 is 1.31 bits per heavy atom. The number of ether oxygens (including phenoxy) is 4. The largest absolute Gasteiger partial charge is 0.497 e. The molecular weight excluding hydrogens is 448 g/mol. The van der Waals surface area contributed by atoms with Gasteiger partial charge >= 0.3 is 0 Å². The van der Waals surface area contributed by atoms with Crippen molar-refractivity contribution in [2.45, 2.75) is 0 Å². The van der Waals surface area contributed by atoms with E-state index in [0.29, 0.717) is 39.6 Å². The van der Waals surface area contributed by atoms with Gasteiger partial charge in [-0.05, 0) is 54.6 Å². The summed E-state index contributed by atoms with van der Waals surface area (Å²) < 4.78 is 23.1. The van der Waals surface area contributed by atoms with E-state index in [1.165, 1.54) is 19.1 Å². The van der Waals surface area contributed by atoms with Gasteiger partial charge in [-0.2, -0.15) is 0 Å². The maximum Gasteiger partial charge on any atom is 0.263 e. The molecular formula is C27H26N2O6. The number of hydrogen-bond donors (Lipinski definition) is 0. The smallest absolute Gasteiger partial charge is 0.263 e. The third-order valence-corrected chi connectivity index (χ3v) is 5.85. The molecule has 0 atom stereocenters. The summed E-state index contributed by atoms with van der Waals surface area (Å²) >= 11 is 0. The molecule has 0 radical (unpaired) electrons. The Morgan fingerprint density at radius 1 is 0.771 bits per heavy atom. The Bertz CT molecular complexity index is 1430. The fourth-order valence-corrected chi connectivity index (χ4v) is 3.86. The van der Waals surface area contributed by atoms with E-state index in [4.69, 9.17) is 18.9 Å². The molecule has 0 unspecified atom stereocenters. The van der Waals surface area contributed by atoms with Crippen molar-refractivity contribution < 1.29 is 23.7 Å². The first kappa shape index (κ1) is 23.7. The summed E-state index contributed by atoms with van der Waals surface area (Å²) in [6.45, 7) is 0. The van der Waals surface area contributed by atoms with Crippen LogP contribution in [0.3, 0.4) is 0 Å². The van der Waals surface area contributed by atoms with E-state index in [-0.39, 0.29) is 5.56 Å². The lowest BCUT2D eigenvalue weighted by molar-refractivity contribution is 0.0991. The second kappa shape index (κ2) is 9.80. The van der Waals surface area contributed by atoms with Gasteiger partial charge in [0.15, 0.2) is 11.5 Å². The van der Waals surface area contributed by atoms with E-state index >= 15 is 0 Å².